The van der Waals surface area contributed by atoms with Gasteiger partial charge < -0.3 is 0 Å². The molecule has 0 nitrogen and oxygen atoms in total. The Morgan fingerprint density at radius 3 is 1.81 bits per heavy atom. The minimum absolute atomic E-state index is 0.104. The fraction of sp³-hybridized carbons (Fsp3) is 0.280. The Morgan fingerprint density at radius 1 is 0.769 bits per heavy atom. The molecule has 0 heterocycles. The van der Waals surface area contributed by atoms with Crippen LogP contribution in [0.25, 0.3) is 22.3 Å². The zero-order chi connectivity index (χ0) is 18.8. The average Bonchev–Trinajstić information content (AvgIpc) is 2.66. The van der Waals surface area contributed by atoms with Gasteiger partial charge in [0.15, 0.2) is 0 Å². The Bertz CT molecular complexity index is 902. The highest BCUT2D eigenvalue weighted by Crippen LogP contribution is 2.32. The van der Waals surface area contributed by atoms with Crippen molar-refractivity contribution in [3.63, 3.8) is 0 Å². The molecule has 0 radical (unpaired) electrons. The lowest BCUT2D eigenvalue weighted by Gasteiger charge is -2.13. The van der Waals surface area contributed by atoms with Gasteiger partial charge in [0.25, 0.3) is 0 Å². The van der Waals surface area contributed by atoms with Crippen LogP contribution in [0.15, 0.2) is 54.6 Å². The van der Waals surface area contributed by atoms with E-state index >= 15 is 0 Å². The topological polar surface area (TPSA) is 0 Å². The largest absolute Gasteiger partial charge is 0.206 e. The molecular formula is C25H27F. The standard InChI is InChI=1S/C25H27F/c1-6-16(2)20-7-9-21(10-8-20)22-11-13-23(14-12-22)24-18(4)15-17(3)19(5)25(24)26/h7-16H,6H2,1-5H3. The van der Waals surface area contributed by atoms with Crippen molar-refractivity contribution in [3.05, 3.63) is 82.7 Å². The maximum absolute atomic E-state index is 14.8. The first-order valence-electron chi connectivity index (χ1n) is 9.39. The molecule has 0 N–H and O–H groups in total. The Morgan fingerprint density at radius 2 is 1.27 bits per heavy atom. The lowest BCUT2D eigenvalue weighted by Crippen LogP contribution is -1.96. The molecule has 0 amide bonds. The second kappa shape index (κ2) is 7.45. The number of hydrogen-bond donors (Lipinski definition) is 0. The molecule has 0 aliphatic carbocycles. The Labute approximate surface area is 156 Å². The van der Waals surface area contributed by atoms with Crippen LogP contribution in [0.1, 0.15) is 48.4 Å². The predicted molar refractivity (Wildman–Crippen MR) is 110 cm³/mol. The van der Waals surface area contributed by atoms with Gasteiger partial charge in [-0.25, -0.2) is 4.39 Å². The minimum atomic E-state index is -0.104. The molecule has 1 unspecified atom stereocenters. The van der Waals surface area contributed by atoms with Crippen LogP contribution in [0.3, 0.4) is 0 Å². The van der Waals surface area contributed by atoms with Gasteiger partial charge in [-0.1, -0.05) is 68.4 Å². The molecule has 1 heteroatoms. The minimum Gasteiger partial charge on any atom is -0.206 e. The number of halogens is 1. The molecule has 1 atom stereocenters. The van der Waals surface area contributed by atoms with Gasteiger partial charge in [0.05, 0.1) is 0 Å². The summed E-state index contributed by atoms with van der Waals surface area (Å²) >= 11 is 0. The lowest BCUT2D eigenvalue weighted by molar-refractivity contribution is 0.619. The van der Waals surface area contributed by atoms with Crippen LogP contribution in [-0.2, 0) is 0 Å². The van der Waals surface area contributed by atoms with Crippen molar-refractivity contribution in [3.8, 4) is 22.3 Å². The van der Waals surface area contributed by atoms with Gasteiger partial charge in [0.1, 0.15) is 5.82 Å². The quantitative estimate of drug-likeness (QED) is 0.456. The van der Waals surface area contributed by atoms with E-state index < -0.39 is 0 Å². The van der Waals surface area contributed by atoms with Crippen molar-refractivity contribution in [2.75, 3.05) is 0 Å². The summed E-state index contributed by atoms with van der Waals surface area (Å²) in [6.45, 7) is 10.3. The van der Waals surface area contributed by atoms with E-state index in [2.05, 4.69) is 56.3 Å². The van der Waals surface area contributed by atoms with Crippen molar-refractivity contribution < 1.29 is 4.39 Å². The number of rotatable bonds is 4. The third-order valence-corrected chi connectivity index (χ3v) is 5.57. The molecule has 0 aliphatic heterocycles. The predicted octanol–water partition coefficient (Wildman–Crippen LogP) is 7.60. The Kier molecular flexibility index (Phi) is 5.27. The highest BCUT2D eigenvalue weighted by Gasteiger charge is 2.13. The molecule has 134 valence electrons. The van der Waals surface area contributed by atoms with Crippen molar-refractivity contribution in [1.82, 2.24) is 0 Å². The van der Waals surface area contributed by atoms with Gasteiger partial charge >= 0.3 is 0 Å². The van der Waals surface area contributed by atoms with Crippen LogP contribution in [0, 0.1) is 26.6 Å². The van der Waals surface area contributed by atoms with E-state index in [-0.39, 0.29) is 5.82 Å². The summed E-state index contributed by atoms with van der Waals surface area (Å²) in [5.41, 5.74) is 8.09. The summed E-state index contributed by atoms with van der Waals surface area (Å²) in [7, 11) is 0. The summed E-state index contributed by atoms with van der Waals surface area (Å²) < 4.78 is 14.8. The van der Waals surface area contributed by atoms with Gasteiger partial charge in [-0.15, -0.1) is 0 Å². The molecule has 0 fully saturated rings. The molecule has 3 rings (SSSR count). The van der Waals surface area contributed by atoms with Crippen LogP contribution in [0.2, 0.25) is 0 Å². The SMILES string of the molecule is CCC(C)c1ccc(-c2ccc(-c3c(C)cc(C)c(C)c3F)cc2)cc1. The highest BCUT2D eigenvalue weighted by atomic mass is 19.1. The molecule has 3 aromatic rings. The van der Waals surface area contributed by atoms with Crippen LogP contribution in [-0.4, -0.2) is 0 Å². The summed E-state index contributed by atoms with van der Waals surface area (Å²) in [6.07, 6.45) is 1.15. The van der Waals surface area contributed by atoms with Crippen LogP contribution >= 0.6 is 0 Å². The third kappa shape index (κ3) is 3.44. The number of benzene rings is 3. The zero-order valence-corrected chi connectivity index (χ0v) is 16.4. The van der Waals surface area contributed by atoms with Crippen LogP contribution in [0.4, 0.5) is 4.39 Å². The fourth-order valence-corrected chi connectivity index (χ4v) is 3.46. The third-order valence-electron chi connectivity index (χ3n) is 5.57. The first kappa shape index (κ1) is 18.4. The molecule has 0 saturated heterocycles. The Hall–Kier alpha value is -2.41. The van der Waals surface area contributed by atoms with Gasteiger partial charge in [0, 0.05) is 5.56 Å². The van der Waals surface area contributed by atoms with E-state index in [9.17, 15) is 4.39 Å². The van der Waals surface area contributed by atoms with Gasteiger partial charge in [-0.2, -0.15) is 0 Å². The van der Waals surface area contributed by atoms with E-state index in [1.54, 1.807) is 0 Å². The molecule has 0 spiro atoms. The number of aryl methyl sites for hydroxylation is 2. The first-order valence-corrected chi connectivity index (χ1v) is 9.39. The zero-order valence-electron chi connectivity index (χ0n) is 16.4. The van der Waals surface area contributed by atoms with Crippen molar-refractivity contribution >= 4 is 0 Å². The molecule has 3 aromatic carbocycles. The van der Waals surface area contributed by atoms with E-state index in [1.807, 2.05) is 32.9 Å². The van der Waals surface area contributed by atoms with Crippen LogP contribution in [0.5, 0.6) is 0 Å². The fourth-order valence-electron chi connectivity index (χ4n) is 3.46. The Balaban J connectivity index is 1.94. The lowest BCUT2D eigenvalue weighted by atomic mass is 9.92. The van der Waals surface area contributed by atoms with Crippen molar-refractivity contribution in [2.45, 2.75) is 47.0 Å². The van der Waals surface area contributed by atoms with E-state index in [4.69, 9.17) is 0 Å². The molecule has 0 saturated carbocycles. The maximum atomic E-state index is 14.8. The monoisotopic (exact) mass is 346 g/mol. The molecule has 0 bridgehead atoms. The van der Waals surface area contributed by atoms with Gasteiger partial charge in [-0.3, -0.25) is 0 Å². The van der Waals surface area contributed by atoms with Crippen molar-refractivity contribution in [2.24, 2.45) is 0 Å². The maximum Gasteiger partial charge on any atom is 0.134 e. The smallest absolute Gasteiger partial charge is 0.134 e. The number of hydrogen-bond acceptors (Lipinski definition) is 0. The second-order valence-electron chi connectivity index (χ2n) is 7.33. The molecule has 26 heavy (non-hydrogen) atoms. The van der Waals surface area contributed by atoms with Crippen LogP contribution < -0.4 is 0 Å². The van der Waals surface area contributed by atoms with Gasteiger partial charge in [0.2, 0.25) is 0 Å². The summed E-state index contributed by atoms with van der Waals surface area (Å²) in [5.74, 6) is 0.482. The van der Waals surface area contributed by atoms with Gasteiger partial charge in [-0.05, 0) is 72.1 Å². The first-order chi connectivity index (χ1) is 12.4. The second-order valence-corrected chi connectivity index (χ2v) is 7.33. The summed E-state index contributed by atoms with van der Waals surface area (Å²) in [5, 5.41) is 0. The van der Waals surface area contributed by atoms with E-state index in [0.29, 0.717) is 11.5 Å². The summed E-state index contributed by atoms with van der Waals surface area (Å²) in [6, 6.07) is 19.1. The highest BCUT2D eigenvalue weighted by molar-refractivity contribution is 5.73. The summed E-state index contributed by atoms with van der Waals surface area (Å²) in [4.78, 5) is 0. The average molecular weight is 346 g/mol. The van der Waals surface area contributed by atoms with E-state index in [0.717, 1.165) is 34.2 Å². The van der Waals surface area contributed by atoms with Crippen molar-refractivity contribution in [1.29, 1.82) is 0 Å². The van der Waals surface area contributed by atoms with E-state index in [1.165, 1.54) is 11.1 Å². The molecule has 0 aliphatic rings. The normalized spacial score (nSPS) is 12.2. The molecular weight excluding hydrogens is 319 g/mol. The molecule has 0 aromatic heterocycles.